The van der Waals surface area contributed by atoms with Gasteiger partial charge in [-0.1, -0.05) is 0 Å². The van der Waals surface area contributed by atoms with Crippen molar-refractivity contribution in [2.24, 2.45) is 5.92 Å². The zero-order valence-electron chi connectivity index (χ0n) is 22.2. The number of fused-ring (bicyclic) bond motifs is 2. The molecule has 2 aromatic rings. The van der Waals surface area contributed by atoms with Gasteiger partial charge in [0.15, 0.2) is 5.82 Å². The first-order valence-electron chi connectivity index (χ1n) is 12.9. The topological polar surface area (TPSA) is 110 Å². The van der Waals surface area contributed by atoms with Crippen molar-refractivity contribution in [3.05, 3.63) is 32.0 Å². The fraction of sp³-hybridized carbons (Fsp3) is 0.615. The van der Waals surface area contributed by atoms with Crippen LogP contribution in [0.3, 0.4) is 0 Å². The lowest BCUT2D eigenvalue weighted by Crippen LogP contribution is -2.50. The minimum atomic E-state index is -0.630. The molecular weight excluding hydrogens is 561 g/mol. The van der Waals surface area contributed by atoms with Crippen LogP contribution in [-0.2, 0) is 4.74 Å². The van der Waals surface area contributed by atoms with Gasteiger partial charge < -0.3 is 24.6 Å². The number of nitro groups is 1. The van der Waals surface area contributed by atoms with Gasteiger partial charge in [-0.2, -0.15) is 0 Å². The van der Waals surface area contributed by atoms with Crippen LogP contribution >= 0.6 is 15.9 Å². The maximum atomic E-state index is 15.4. The summed E-state index contributed by atoms with van der Waals surface area (Å²) >= 11 is 3.28. The summed E-state index contributed by atoms with van der Waals surface area (Å²) in [5.41, 5.74) is -0.220. The summed E-state index contributed by atoms with van der Waals surface area (Å²) in [7, 11) is 1.98. The number of carbonyl (C=O) groups excluding carboxylic acids is 1. The lowest BCUT2D eigenvalue weighted by Gasteiger charge is -2.38. The fourth-order valence-electron chi connectivity index (χ4n) is 5.74. The number of halogens is 2. The van der Waals surface area contributed by atoms with Crippen LogP contribution in [0.15, 0.2) is 10.5 Å². The van der Waals surface area contributed by atoms with Crippen LogP contribution in [0, 0.1) is 28.8 Å². The van der Waals surface area contributed by atoms with Gasteiger partial charge in [0.1, 0.15) is 23.4 Å². The normalized spacial score (nSPS) is 25.0. The molecule has 6 rings (SSSR count). The van der Waals surface area contributed by atoms with Gasteiger partial charge in [-0.15, -0.1) is 0 Å². The maximum absolute atomic E-state index is 15.4. The number of amides is 1. The van der Waals surface area contributed by atoms with Crippen molar-refractivity contribution >= 4 is 44.3 Å². The smallest absolute Gasteiger partial charge is 0.410 e. The largest absolute Gasteiger partial charge is 0.471 e. The number of ether oxygens (including phenoxy) is 2. The lowest BCUT2D eigenvalue weighted by molar-refractivity contribution is -0.385. The molecule has 3 saturated heterocycles. The second kappa shape index (κ2) is 9.78. The minimum Gasteiger partial charge on any atom is -0.471 e. The van der Waals surface area contributed by atoms with Crippen LogP contribution in [-0.4, -0.2) is 76.3 Å². The highest BCUT2D eigenvalue weighted by Gasteiger charge is 2.55. The third-order valence-corrected chi connectivity index (χ3v) is 8.76. The Kier molecular flexibility index (Phi) is 6.91. The van der Waals surface area contributed by atoms with E-state index in [1.54, 1.807) is 17.9 Å². The number of nitrogens with zero attached hydrogens (tertiary/aromatic N) is 4. The molecule has 38 heavy (non-hydrogen) atoms. The highest BCUT2D eigenvalue weighted by Crippen LogP contribution is 2.48. The fourth-order valence-corrected chi connectivity index (χ4v) is 6.05. The van der Waals surface area contributed by atoms with Crippen molar-refractivity contribution in [1.29, 1.82) is 0 Å². The summed E-state index contributed by atoms with van der Waals surface area (Å²) in [5, 5.41) is 16.1. The zero-order valence-corrected chi connectivity index (χ0v) is 23.8. The first-order valence-corrected chi connectivity index (χ1v) is 13.7. The molecule has 1 aromatic carbocycles. The molecule has 4 aliphatic rings. The number of anilines is 1. The predicted molar refractivity (Wildman–Crippen MR) is 144 cm³/mol. The van der Waals surface area contributed by atoms with Crippen molar-refractivity contribution in [3.63, 3.8) is 0 Å². The van der Waals surface area contributed by atoms with E-state index >= 15 is 4.39 Å². The summed E-state index contributed by atoms with van der Waals surface area (Å²) < 4.78 is 27.2. The third kappa shape index (κ3) is 4.76. The van der Waals surface area contributed by atoms with E-state index in [0.717, 1.165) is 25.8 Å². The Morgan fingerprint density at radius 2 is 2.13 bits per heavy atom. The van der Waals surface area contributed by atoms with Crippen molar-refractivity contribution in [2.45, 2.75) is 70.7 Å². The van der Waals surface area contributed by atoms with Crippen molar-refractivity contribution in [1.82, 2.24) is 14.8 Å². The minimum absolute atomic E-state index is 0.0129. The van der Waals surface area contributed by atoms with Gasteiger partial charge >= 0.3 is 11.8 Å². The van der Waals surface area contributed by atoms with E-state index in [0.29, 0.717) is 17.5 Å². The molecule has 1 aliphatic carbocycles. The van der Waals surface area contributed by atoms with Gasteiger partial charge in [-0.3, -0.25) is 10.1 Å². The molecule has 12 heteroatoms. The summed E-state index contributed by atoms with van der Waals surface area (Å²) in [5.74, 6) is -0.725. The Labute approximate surface area is 229 Å². The molecule has 4 fully saturated rings. The number of likely N-dealkylation sites (N-methyl/N-ethyl adjacent to an activating group) is 1. The molecular formula is C26H33BrFN5O5. The standard InChI is InChI=1S/C26H33BrFN5O5/c1-13-9-16-21(19(28)18(13)27)30-24(37-12-15-7-6-8-31(15)5)23(33(35)36)22(16)29-20-14-10-17(20)32(11-14)25(34)38-26(2,3)4/h9,14-15,17,20H,6-8,10-12H2,1-5H3,(H,29,30). The molecule has 1 amide bonds. The Bertz CT molecular complexity index is 1300. The van der Waals surface area contributed by atoms with E-state index in [4.69, 9.17) is 9.47 Å². The molecule has 0 radical (unpaired) electrons. The zero-order chi connectivity index (χ0) is 27.5. The van der Waals surface area contributed by atoms with Crippen LogP contribution in [0.25, 0.3) is 10.9 Å². The summed E-state index contributed by atoms with van der Waals surface area (Å²) in [4.78, 5) is 32.8. The number of hydrogen-bond donors (Lipinski definition) is 1. The Balaban J connectivity index is 1.53. The van der Waals surface area contributed by atoms with Gasteiger partial charge in [0.05, 0.1) is 21.5 Å². The third-order valence-electron chi connectivity index (χ3n) is 7.79. The van der Waals surface area contributed by atoms with Gasteiger partial charge in [0.25, 0.3) is 5.88 Å². The second-order valence-electron chi connectivity index (χ2n) is 11.6. The Morgan fingerprint density at radius 3 is 2.76 bits per heavy atom. The number of carbonyl (C=O) groups is 1. The quantitative estimate of drug-likeness (QED) is 0.357. The van der Waals surface area contributed by atoms with Gasteiger partial charge in [-0.25, -0.2) is 14.2 Å². The molecule has 4 heterocycles. The van der Waals surface area contributed by atoms with Crippen molar-refractivity contribution in [2.75, 3.05) is 32.1 Å². The summed E-state index contributed by atoms with van der Waals surface area (Å²) in [6.07, 6.45) is 2.29. The van der Waals surface area contributed by atoms with Crippen LogP contribution in [0.5, 0.6) is 5.88 Å². The molecule has 206 valence electrons. The van der Waals surface area contributed by atoms with Crippen LogP contribution in [0.1, 0.15) is 45.6 Å². The monoisotopic (exact) mass is 593 g/mol. The van der Waals surface area contributed by atoms with E-state index in [-0.39, 0.29) is 57.9 Å². The average molecular weight is 594 g/mol. The first kappa shape index (κ1) is 26.9. The molecule has 0 spiro atoms. The van der Waals surface area contributed by atoms with Crippen molar-refractivity contribution < 1.29 is 23.6 Å². The molecule has 4 unspecified atom stereocenters. The van der Waals surface area contributed by atoms with Crippen LogP contribution in [0.2, 0.25) is 0 Å². The predicted octanol–water partition coefficient (Wildman–Crippen LogP) is 5.25. The molecule has 1 saturated carbocycles. The number of hydrogen-bond acceptors (Lipinski definition) is 8. The number of aryl methyl sites for hydroxylation is 1. The molecule has 10 nitrogen and oxygen atoms in total. The second-order valence-corrected chi connectivity index (χ2v) is 12.4. The lowest BCUT2D eigenvalue weighted by atomic mass is 9.79. The molecule has 1 aromatic heterocycles. The summed E-state index contributed by atoms with van der Waals surface area (Å²) in [6.45, 7) is 8.79. The number of likely N-dealkylation sites (tertiary alicyclic amines) is 1. The van der Waals surface area contributed by atoms with Gasteiger partial charge in [0, 0.05) is 23.9 Å². The van der Waals surface area contributed by atoms with Crippen molar-refractivity contribution in [3.8, 4) is 5.88 Å². The SMILES string of the molecule is Cc1cc2c(NC3C4CC3N(C(=O)OC(C)(C)C)C4)c([N+](=O)[O-])c(OCC3CCCN3C)nc2c(F)c1Br. The van der Waals surface area contributed by atoms with E-state index in [1.165, 1.54) is 0 Å². The van der Waals surface area contributed by atoms with E-state index in [1.807, 2.05) is 27.8 Å². The average Bonchev–Trinajstić information content (AvgIpc) is 3.53. The van der Waals surface area contributed by atoms with Gasteiger partial charge in [-0.05, 0) is 88.1 Å². The summed E-state index contributed by atoms with van der Waals surface area (Å²) in [6, 6.07) is 1.36. The number of benzene rings is 1. The number of nitrogens with one attached hydrogen (secondary N) is 1. The van der Waals surface area contributed by atoms with Crippen LogP contribution < -0.4 is 10.1 Å². The van der Waals surface area contributed by atoms with E-state index in [2.05, 4.69) is 31.1 Å². The molecule has 2 bridgehead atoms. The number of aromatic nitrogens is 1. The highest BCUT2D eigenvalue weighted by molar-refractivity contribution is 9.10. The van der Waals surface area contributed by atoms with Gasteiger partial charge in [0.2, 0.25) is 0 Å². The molecule has 4 atom stereocenters. The number of pyridine rings is 1. The maximum Gasteiger partial charge on any atom is 0.410 e. The molecule has 3 aliphatic heterocycles. The molecule has 1 N–H and O–H groups in total. The van der Waals surface area contributed by atoms with E-state index < -0.39 is 22.4 Å². The first-order chi connectivity index (χ1) is 17.9. The Hall–Kier alpha value is -2.73. The van der Waals surface area contributed by atoms with E-state index in [9.17, 15) is 14.9 Å². The Morgan fingerprint density at radius 1 is 1.39 bits per heavy atom. The highest BCUT2D eigenvalue weighted by atomic mass is 79.9. The number of rotatable bonds is 6. The van der Waals surface area contributed by atoms with Crippen LogP contribution in [0.4, 0.5) is 20.6 Å².